The number of aromatic nitrogens is 2. The summed E-state index contributed by atoms with van der Waals surface area (Å²) < 4.78 is 16.1. The second kappa shape index (κ2) is 7.18. The maximum Gasteiger partial charge on any atom is 0.137 e. The summed E-state index contributed by atoms with van der Waals surface area (Å²) in [5.41, 5.74) is 4.39. The van der Waals surface area contributed by atoms with Gasteiger partial charge >= 0.3 is 0 Å². The Bertz CT molecular complexity index is 622. The van der Waals surface area contributed by atoms with Crippen LogP contribution in [-0.4, -0.2) is 22.9 Å². The van der Waals surface area contributed by atoms with E-state index in [0.29, 0.717) is 11.0 Å². The van der Waals surface area contributed by atoms with Crippen LogP contribution in [0.4, 0.5) is 4.39 Å². The van der Waals surface area contributed by atoms with Crippen LogP contribution in [0.3, 0.4) is 0 Å². The molecule has 5 heteroatoms. The average Bonchev–Trinajstić information content (AvgIpc) is 2.71. The third-order valence-electron chi connectivity index (χ3n) is 3.68. The number of likely N-dealkylation sites (N-methyl/N-ethyl adjacent to an activating group) is 1. The lowest BCUT2D eigenvalue weighted by Gasteiger charge is -2.08. The summed E-state index contributed by atoms with van der Waals surface area (Å²) in [4.78, 5) is 0. The minimum Gasteiger partial charge on any atom is -0.317 e. The molecule has 0 aliphatic rings. The van der Waals surface area contributed by atoms with Crippen LogP contribution >= 0.6 is 15.9 Å². The fourth-order valence-electron chi connectivity index (χ4n) is 2.47. The molecule has 1 heterocycles. The van der Waals surface area contributed by atoms with Crippen LogP contribution in [0, 0.1) is 19.7 Å². The maximum atomic E-state index is 13.6. The Morgan fingerprint density at radius 3 is 2.81 bits per heavy atom. The first-order chi connectivity index (χ1) is 10.0. The minimum atomic E-state index is -0.235. The van der Waals surface area contributed by atoms with Gasteiger partial charge in [-0.1, -0.05) is 19.1 Å². The monoisotopic (exact) mass is 353 g/mol. The lowest BCUT2D eigenvalue weighted by Crippen LogP contribution is -2.16. The van der Waals surface area contributed by atoms with Gasteiger partial charge in [0.15, 0.2) is 0 Å². The first kappa shape index (κ1) is 16.2. The average molecular weight is 354 g/mol. The number of benzene rings is 1. The summed E-state index contributed by atoms with van der Waals surface area (Å²) in [6.07, 6.45) is 0.968. The fourth-order valence-corrected chi connectivity index (χ4v) is 2.86. The Morgan fingerprint density at radius 2 is 2.10 bits per heavy atom. The summed E-state index contributed by atoms with van der Waals surface area (Å²) in [5.74, 6) is -0.235. The Labute approximate surface area is 133 Å². The van der Waals surface area contributed by atoms with E-state index in [9.17, 15) is 4.39 Å². The zero-order chi connectivity index (χ0) is 15.4. The zero-order valence-corrected chi connectivity index (χ0v) is 14.3. The molecule has 2 aromatic rings. The number of nitrogens with one attached hydrogen (secondary N) is 1. The van der Waals surface area contributed by atoms with E-state index in [4.69, 9.17) is 0 Å². The molecule has 1 aromatic heterocycles. The highest BCUT2D eigenvalue weighted by atomic mass is 79.9. The minimum absolute atomic E-state index is 0.235. The van der Waals surface area contributed by atoms with E-state index < -0.39 is 0 Å². The van der Waals surface area contributed by atoms with Crippen molar-refractivity contribution in [1.82, 2.24) is 15.1 Å². The van der Waals surface area contributed by atoms with E-state index in [1.165, 1.54) is 11.6 Å². The van der Waals surface area contributed by atoms with Crippen LogP contribution in [0.5, 0.6) is 0 Å². The maximum absolute atomic E-state index is 13.6. The quantitative estimate of drug-likeness (QED) is 0.804. The molecule has 0 fully saturated rings. The first-order valence-corrected chi connectivity index (χ1v) is 8.00. The largest absolute Gasteiger partial charge is 0.317 e. The second-order valence-corrected chi connectivity index (χ2v) is 5.92. The molecule has 0 radical (unpaired) electrons. The summed E-state index contributed by atoms with van der Waals surface area (Å²) in [6.45, 7) is 8.72. The van der Waals surface area contributed by atoms with Crippen LogP contribution in [0.15, 0.2) is 22.7 Å². The summed E-state index contributed by atoms with van der Waals surface area (Å²) >= 11 is 3.31. The Hall–Kier alpha value is -1.20. The van der Waals surface area contributed by atoms with Gasteiger partial charge in [-0.15, -0.1) is 0 Å². The van der Waals surface area contributed by atoms with Gasteiger partial charge in [-0.05, 0) is 66.5 Å². The van der Waals surface area contributed by atoms with Crippen LogP contribution in [0.25, 0.3) is 0 Å². The molecule has 0 spiro atoms. The van der Waals surface area contributed by atoms with Crippen LogP contribution in [-0.2, 0) is 13.0 Å². The molecular weight excluding hydrogens is 333 g/mol. The molecular formula is C16H21BrFN3. The molecule has 2 rings (SSSR count). The van der Waals surface area contributed by atoms with Crippen molar-refractivity contribution in [3.05, 3.63) is 51.0 Å². The second-order valence-electron chi connectivity index (χ2n) is 5.12. The van der Waals surface area contributed by atoms with Crippen LogP contribution in [0.2, 0.25) is 0 Å². The molecule has 114 valence electrons. The van der Waals surface area contributed by atoms with Crippen molar-refractivity contribution in [1.29, 1.82) is 0 Å². The van der Waals surface area contributed by atoms with Crippen molar-refractivity contribution in [3.8, 4) is 0 Å². The molecule has 0 saturated carbocycles. The van der Waals surface area contributed by atoms with Gasteiger partial charge in [-0.2, -0.15) is 5.10 Å². The predicted molar refractivity (Wildman–Crippen MR) is 87.2 cm³/mol. The molecule has 1 aromatic carbocycles. The molecule has 1 N–H and O–H groups in total. The Morgan fingerprint density at radius 1 is 1.33 bits per heavy atom. The van der Waals surface area contributed by atoms with Crippen LogP contribution < -0.4 is 5.32 Å². The van der Waals surface area contributed by atoms with Gasteiger partial charge in [-0.25, -0.2) is 4.39 Å². The fraction of sp³-hybridized carbons (Fsp3) is 0.438. The Balaban J connectivity index is 2.21. The zero-order valence-electron chi connectivity index (χ0n) is 12.7. The van der Waals surface area contributed by atoms with E-state index in [0.717, 1.165) is 36.5 Å². The molecule has 0 amide bonds. The van der Waals surface area contributed by atoms with E-state index in [2.05, 4.69) is 40.2 Å². The van der Waals surface area contributed by atoms with Crippen molar-refractivity contribution in [2.24, 2.45) is 0 Å². The smallest absolute Gasteiger partial charge is 0.137 e. The van der Waals surface area contributed by atoms with E-state index >= 15 is 0 Å². The van der Waals surface area contributed by atoms with Gasteiger partial charge in [-0.3, -0.25) is 4.68 Å². The summed E-state index contributed by atoms with van der Waals surface area (Å²) in [7, 11) is 0. The summed E-state index contributed by atoms with van der Waals surface area (Å²) in [5, 5.41) is 7.93. The topological polar surface area (TPSA) is 29.9 Å². The molecule has 0 atom stereocenters. The van der Waals surface area contributed by atoms with Gasteiger partial charge in [0, 0.05) is 5.69 Å². The van der Waals surface area contributed by atoms with E-state index in [-0.39, 0.29) is 5.82 Å². The number of rotatable bonds is 6. The van der Waals surface area contributed by atoms with Gasteiger partial charge in [0.05, 0.1) is 16.7 Å². The highest BCUT2D eigenvalue weighted by Gasteiger charge is 2.13. The molecule has 0 aliphatic heterocycles. The third-order valence-corrected chi connectivity index (χ3v) is 4.57. The lowest BCUT2D eigenvalue weighted by molar-refractivity contribution is 0.607. The number of nitrogens with zero attached hydrogens (tertiary/aromatic N) is 2. The third kappa shape index (κ3) is 3.71. The predicted octanol–water partition coefficient (Wildman–Crippen LogP) is 3.60. The van der Waals surface area contributed by atoms with Gasteiger partial charge in [0.2, 0.25) is 0 Å². The van der Waals surface area contributed by atoms with E-state index in [1.54, 1.807) is 6.07 Å². The van der Waals surface area contributed by atoms with Crippen molar-refractivity contribution in [2.75, 3.05) is 13.1 Å². The van der Waals surface area contributed by atoms with E-state index in [1.807, 2.05) is 17.7 Å². The Kier molecular flexibility index (Phi) is 5.53. The number of aryl methyl sites for hydroxylation is 1. The number of hydrogen-bond acceptors (Lipinski definition) is 2. The van der Waals surface area contributed by atoms with Gasteiger partial charge < -0.3 is 5.32 Å². The highest BCUT2D eigenvalue weighted by Crippen LogP contribution is 2.22. The molecule has 0 saturated heterocycles. The standard InChI is InChI=1S/C16H21BrFN3/c1-4-19-9-8-14-11(2)20-21(12(14)3)10-13-6-5-7-15(18)16(13)17/h5-7,19H,4,8-10H2,1-3H3. The number of hydrogen-bond donors (Lipinski definition) is 1. The first-order valence-electron chi connectivity index (χ1n) is 7.21. The lowest BCUT2D eigenvalue weighted by atomic mass is 10.1. The molecule has 0 bridgehead atoms. The molecule has 0 aliphatic carbocycles. The van der Waals surface area contributed by atoms with Gasteiger partial charge in [0.25, 0.3) is 0 Å². The number of halogens is 2. The highest BCUT2D eigenvalue weighted by molar-refractivity contribution is 9.10. The molecule has 0 unspecified atom stereocenters. The molecule has 3 nitrogen and oxygen atoms in total. The van der Waals surface area contributed by atoms with Crippen molar-refractivity contribution in [3.63, 3.8) is 0 Å². The van der Waals surface area contributed by atoms with Crippen molar-refractivity contribution in [2.45, 2.75) is 33.7 Å². The van der Waals surface area contributed by atoms with Crippen molar-refractivity contribution >= 4 is 15.9 Å². The SMILES string of the molecule is CCNCCc1c(C)nn(Cc2cccc(F)c2Br)c1C. The normalized spacial score (nSPS) is 11.1. The van der Waals surface area contributed by atoms with Crippen molar-refractivity contribution < 1.29 is 4.39 Å². The van der Waals surface area contributed by atoms with Gasteiger partial charge in [0.1, 0.15) is 5.82 Å². The summed E-state index contributed by atoms with van der Waals surface area (Å²) in [6, 6.07) is 5.10. The van der Waals surface area contributed by atoms with Crippen LogP contribution in [0.1, 0.15) is 29.4 Å². The molecule has 21 heavy (non-hydrogen) atoms.